The molecule has 4 rings (SSSR count). The maximum absolute atomic E-state index is 12.7. The van der Waals surface area contributed by atoms with Crippen LogP contribution in [0.5, 0.6) is 5.88 Å². The van der Waals surface area contributed by atoms with Crippen LogP contribution in [0.3, 0.4) is 0 Å². The number of hydrogen-bond donors (Lipinski definition) is 0. The summed E-state index contributed by atoms with van der Waals surface area (Å²) in [6.07, 6.45) is 5.61. The summed E-state index contributed by atoms with van der Waals surface area (Å²) in [4.78, 5) is 18.9. The number of carbonyl (C=O) groups excluding carboxylic acids is 1. The molecule has 2 aromatic rings. The van der Waals surface area contributed by atoms with Crippen molar-refractivity contribution < 1.29 is 13.9 Å². The molecule has 4 heterocycles. The van der Waals surface area contributed by atoms with Gasteiger partial charge in [0.25, 0.3) is 5.91 Å². The maximum atomic E-state index is 12.7. The molecule has 2 saturated heterocycles. The molecular formula is C17H17BrN2O3. The number of pyridine rings is 1. The van der Waals surface area contributed by atoms with Gasteiger partial charge in [-0.15, -0.1) is 0 Å². The summed E-state index contributed by atoms with van der Waals surface area (Å²) in [6.45, 7) is 0. The predicted octanol–water partition coefficient (Wildman–Crippen LogP) is 3.65. The Labute approximate surface area is 142 Å². The molecule has 2 fully saturated rings. The van der Waals surface area contributed by atoms with E-state index in [1.165, 1.54) is 0 Å². The average Bonchev–Trinajstić information content (AvgIpc) is 3.10. The molecular weight excluding hydrogens is 360 g/mol. The lowest BCUT2D eigenvalue weighted by Gasteiger charge is -2.38. The molecule has 120 valence electrons. The lowest BCUT2D eigenvalue weighted by atomic mass is 9.99. The van der Waals surface area contributed by atoms with Gasteiger partial charge in [0.05, 0.1) is 0 Å². The minimum Gasteiger partial charge on any atom is -0.474 e. The Hall–Kier alpha value is -1.82. The van der Waals surface area contributed by atoms with Gasteiger partial charge >= 0.3 is 0 Å². The van der Waals surface area contributed by atoms with Gasteiger partial charge in [-0.25, -0.2) is 4.98 Å². The van der Waals surface area contributed by atoms with Crippen molar-refractivity contribution in [2.45, 2.75) is 43.9 Å². The number of furan rings is 1. The fourth-order valence-corrected chi connectivity index (χ4v) is 4.01. The number of hydrogen-bond acceptors (Lipinski definition) is 4. The van der Waals surface area contributed by atoms with Crippen molar-refractivity contribution in [1.29, 1.82) is 0 Å². The summed E-state index contributed by atoms with van der Waals surface area (Å²) in [5, 5.41) is 0. The highest BCUT2D eigenvalue weighted by molar-refractivity contribution is 9.10. The second-order valence-electron chi connectivity index (χ2n) is 6.08. The Balaban J connectivity index is 1.47. The van der Waals surface area contributed by atoms with Crippen LogP contribution in [0.1, 0.15) is 36.2 Å². The van der Waals surface area contributed by atoms with Crippen LogP contribution in [-0.4, -0.2) is 34.0 Å². The number of rotatable bonds is 3. The smallest absolute Gasteiger partial charge is 0.290 e. The molecule has 1 amide bonds. The Kier molecular flexibility index (Phi) is 3.85. The van der Waals surface area contributed by atoms with E-state index in [-0.39, 0.29) is 24.1 Å². The fraction of sp³-hybridized carbons (Fsp3) is 0.412. The third kappa shape index (κ3) is 2.87. The first-order valence-corrected chi connectivity index (χ1v) is 8.65. The lowest BCUT2D eigenvalue weighted by molar-refractivity contribution is 0.0322. The highest BCUT2D eigenvalue weighted by atomic mass is 79.9. The van der Waals surface area contributed by atoms with Gasteiger partial charge in [-0.1, -0.05) is 6.07 Å². The second kappa shape index (κ2) is 6.00. The van der Waals surface area contributed by atoms with Crippen LogP contribution in [0, 0.1) is 0 Å². The van der Waals surface area contributed by atoms with Crippen molar-refractivity contribution in [3.8, 4) is 5.88 Å². The maximum Gasteiger partial charge on any atom is 0.290 e. The van der Waals surface area contributed by atoms with Crippen LogP contribution in [-0.2, 0) is 0 Å². The van der Waals surface area contributed by atoms with E-state index in [9.17, 15) is 4.79 Å². The molecule has 5 nitrogen and oxygen atoms in total. The first-order valence-electron chi connectivity index (χ1n) is 7.86. The van der Waals surface area contributed by atoms with Gasteiger partial charge < -0.3 is 14.1 Å². The average molecular weight is 377 g/mol. The molecule has 0 aromatic carbocycles. The quantitative estimate of drug-likeness (QED) is 0.820. The van der Waals surface area contributed by atoms with E-state index in [2.05, 4.69) is 20.9 Å². The summed E-state index contributed by atoms with van der Waals surface area (Å²) >= 11 is 3.25. The zero-order valence-corrected chi connectivity index (χ0v) is 14.1. The van der Waals surface area contributed by atoms with Gasteiger partial charge in [-0.2, -0.15) is 0 Å². The van der Waals surface area contributed by atoms with Crippen molar-refractivity contribution in [2.24, 2.45) is 0 Å². The van der Waals surface area contributed by atoms with Gasteiger partial charge in [0, 0.05) is 37.2 Å². The van der Waals surface area contributed by atoms with Crippen LogP contribution in [0.4, 0.5) is 0 Å². The molecule has 0 spiro atoms. The van der Waals surface area contributed by atoms with E-state index in [4.69, 9.17) is 9.15 Å². The van der Waals surface area contributed by atoms with Crippen molar-refractivity contribution in [2.75, 3.05) is 0 Å². The molecule has 6 heteroatoms. The minimum atomic E-state index is -0.0144. The minimum absolute atomic E-state index is 0.0144. The van der Waals surface area contributed by atoms with Crippen LogP contribution in [0.15, 0.2) is 45.6 Å². The van der Waals surface area contributed by atoms with E-state index >= 15 is 0 Å². The van der Waals surface area contributed by atoms with E-state index in [0.717, 1.165) is 25.7 Å². The summed E-state index contributed by atoms with van der Waals surface area (Å²) in [6, 6.07) is 9.59. The Morgan fingerprint density at radius 1 is 1.22 bits per heavy atom. The monoisotopic (exact) mass is 376 g/mol. The molecule has 0 saturated carbocycles. The van der Waals surface area contributed by atoms with E-state index in [0.29, 0.717) is 16.3 Å². The summed E-state index contributed by atoms with van der Waals surface area (Å²) in [7, 11) is 0. The zero-order chi connectivity index (χ0) is 15.8. The topological polar surface area (TPSA) is 55.6 Å². The van der Waals surface area contributed by atoms with Crippen molar-refractivity contribution in [3.63, 3.8) is 0 Å². The van der Waals surface area contributed by atoms with Crippen molar-refractivity contribution in [1.82, 2.24) is 9.88 Å². The molecule has 2 aliphatic heterocycles. The SMILES string of the molecule is O=C(c1ccc(Br)o1)N1C2CCC1CC(Oc1ccccn1)C2. The highest BCUT2D eigenvalue weighted by Gasteiger charge is 2.45. The molecule has 0 N–H and O–H groups in total. The fourth-order valence-electron chi connectivity index (χ4n) is 3.70. The predicted molar refractivity (Wildman–Crippen MR) is 87.3 cm³/mol. The summed E-state index contributed by atoms with van der Waals surface area (Å²) in [5.41, 5.74) is 0. The van der Waals surface area contributed by atoms with E-state index < -0.39 is 0 Å². The number of nitrogens with zero attached hydrogens (tertiary/aromatic N) is 2. The number of fused-ring (bicyclic) bond motifs is 2. The molecule has 2 aromatic heterocycles. The Morgan fingerprint density at radius 3 is 2.61 bits per heavy atom. The van der Waals surface area contributed by atoms with Gasteiger partial charge in [0.2, 0.25) is 5.88 Å². The molecule has 23 heavy (non-hydrogen) atoms. The standard InChI is InChI=1S/C17H17BrN2O3/c18-15-7-6-14(23-15)17(21)20-11-4-5-12(20)10-13(9-11)22-16-3-1-2-8-19-16/h1-3,6-8,11-13H,4-5,9-10H2. The van der Waals surface area contributed by atoms with Gasteiger partial charge in [0.1, 0.15) is 6.10 Å². The van der Waals surface area contributed by atoms with Gasteiger partial charge in [0.15, 0.2) is 10.4 Å². The number of piperidine rings is 1. The highest BCUT2D eigenvalue weighted by Crippen LogP contribution is 2.38. The molecule has 2 bridgehead atoms. The Bertz CT molecular complexity index is 689. The van der Waals surface area contributed by atoms with Crippen LogP contribution in [0.2, 0.25) is 0 Å². The lowest BCUT2D eigenvalue weighted by Crippen LogP contribution is -2.49. The number of ether oxygens (including phenoxy) is 1. The van der Waals surface area contributed by atoms with Crippen LogP contribution >= 0.6 is 15.9 Å². The zero-order valence-electron chi connectivity index (χ0n) is 12.5. The Morgan fingerprint density at radius 2 is 2.00 bits per heavy atom. The van der Waals surface area contributed by atoms with E-state index in [1.807, 2.05) is 23.1 Å². The number of amides is 1. The van der Waals surface area contributed by atoms with Crippen molar-refractivity contribution >= 4 is 21.8 Å². The molecule has 2 aliphatic rings. The summed E-state index contributed by atoms with van der Waals surface area (Å²) in [5.74, 6) is 1.05. The largest absolute Gasteiger partial charge is 0.474 e. The van der Waals surface area contributed by atoms with Crippen molar-refractivity contribution in [3.05, 3.63) is 47.0 Å². The number of halogens is 1. The number of aromatic nitrogens is 1. The number of carbonyl (C=O) groups is 1. The molecule has 2 unspecified atom stereocenters. The first kappa shape index (κ1) is 14.8. The van der Waals surface area contributed by atoms with Crippen LogP contribution in [0.25, 0.3) is 0 Å². The van der Waals surface area contributed by atoms with Gasteiger partial charge in [-0.3, -0.25) is 4.79 Å². The molecule has 2 atom stereocenters. The first-order chi connectivity index (χ1) is 11.2. The normalized spacial score (nSPS) is 26.3. The molecule has 0 aliphatic carbocycles. The third-order valence-corrected chi connectivity index (χ3v) is 5.06. The third-order valence-electron chi connectivity index (χ3n) is 4.63. The van der Waals surface area contributed by atoms with E-state index in [1.54, 1.807) is 18.3 Å². The van der Waals surface area contributed by atoms with Gasteiger partial charge in [-0.05, 0) is 47.0 Å². The second-order valence-corrected chi connectivity index (χ2v) is 6.86. The van der Waals surface area contributed by atoms with Crippen LogP contribution < -0.4 is 4.74 Å². The summed E-state index contributed by atoms with van der Waals surface area (Å²) < 4.78 is 12.0. The molecule has 0 radical (unpaired) electrons.